The number of amides is 1. The van der Waals surface area contributed by atoms with Crippen LogP contribution >= 0.6 is 0 Å². The molecule has 0 radical (unpaired) electrons. The molecular formula is C15H22N2O6S. The molecule has 0 aliphatic rings. The lowest BCUT2D eigenvalue weighted by Crippen LogP contribution is -2.39. The summed E-state index contributed by atoms with van der Waals surface area (Å²) in [4.78, 5) is 23.1. The van der Waals surface area contributed by atoms with Gasteiger partial charge >= 0.3 is 5.97 Å². The van der Waals surface area contributed by atoms with E-state index in [2.05, 4.69) is 10.0 Å². The molecule has 8 nitrogen and oxygen atoms in total. The third kappa shape index (κ3) is 5.59. The van der Waals surface area contributed by atoms with Gasteiger partial charge in [-0.25, -0.2) is 13.1 Å². The third-order valence-corrected chi connectivity index (χ3v) is 4.73. The molecule has 0 saturated heterocycles. The zero-order chi connectivity index (χ0) is 18.4. The van der Waals surface area contributed by atoms with Gasteiger partial charge in [0.05, 0.1) is 16.9 Å². The minimum Gasteiger partial charge on any atom is -0.481 e. The van der Waals surface area contributed by atoms with E-state index in [1.165, 1.54) is 45.2 Å². The van der Waals surface area contributed by atoms with E-state index in [-0.39, 0.29) is 30.2 Å². The van der Waals surface area contributed by atoms with Crippen LogP contribution in [0.3, 0.4) is 0 Å². The van der Waals surface area contributed by atoms with Crippen LogP contribution in [0.25, 0.3) is 0 Å². The Balaban J connectivity index is 2.84. The van der Waals surface area contributed by atoms with Gasteiger partial charge in [-0.1, -0.05) is 6.07 Å². The fourth-order valence-corrected chi connectivity index (χ4v) is 2.70. The second-order valence-corrected chi connectivity index (χ2v) is 7.56. The molecule has 0 aliphatic carbocycles. The molecule has 0 spiro atoms. The van der Waals surface area contributed by atoms with Gasteiger partial charge < -0.3 is 15.2 Å². The lowest BCUT2D eigenvalue weighted by atomic mass is 9.94. The standard InChI is InChI=1S/C15H22N2O6S/c1-15(2,14(19)20)10-16-13(18)11-5-4-6-12(9-11)24(21,22)17-7-8-23-3/h4-6,9,17H,7-8,10H2,1-3H3,(H,16,18)(H,19,20). The Morgan fingerprint density at radius 3 is 2.54 bits per heavy atom. The lowest BCUT2D eigenvalue weighted by Gasteiger charge is -2.19. The molecule has 0 aromatic heterocycles. The molecule has 9 heteroatoms. The van der Waals surface area contributed by atoms with Gasteiger partial charge in [0.1, 0.15) is 0 Å². The molecule has 0 aliphatic heterocycles. The van der Waals surface area contributed by atoms with Crippen LogP contribution in [0.5, 0.6) is 0 Å². The van der Waals surface area contributed by atoms with Crippen LogP contribution in [-0.2, 0) is 19.6 Å². The maximum absolute atomic E-state index is 12.1. The van der Waals surface area contributed by atoms with Crippen LogP contribution in [0.4, 0.5) is 0 Å². The maximum Gasteiger partial charge on any atom is 0.310 e. The Hall–Kier alpha value is -1.97. The number of carbonyl (C=O) groups excluding carboxylic acids is 1. The third-order valence-electron chi connectivity index (χ3n) is 3.27. The SMILES string of the molecule is COCCNS(=O)(=O)c1cccc(C(=O)NCC(C)(C)C(=O)O)c1. The summed E-state index contributed by atoms with van der Waals surface area (Å²) >= 11 is 0. The minimum atomic E-state index is -3.75. The molecule has 1 rings (SSSR count). The summed E-state index contributed by atoms with van der Waals surface area (Å²) in [5, 5.41) is 11.5. The molecule has 24 heavy (non-hydrogen) atoms. The molecule has 0 fully saturated rings. The second-order valence-electron chi connectivity index (χ2n) is 5.79. The molecule has 1 aromatic rings. The number of rotatable bonds is 9. The van der Waals surface area contributed by atoms with E-state index < -0.39 is 27.3 Å². The molecule has 0 unspecified atom stereocenters. The van der Waals surface area contributed by atoms with Crippen molar-refractivity contribution in [3.05, 3.63) is 29.8 Å². The first kappa shape index (κ1) is 20.1. The topological polar surface area (TPSA) is 122 Å². The molecule has 0 atom stereocenters. The highest BCUT2D eigenvalue weighted by Crippen LogP contribution is 2.15. The number of hydrogen-bond donors (Lipinski definition) is 3. The van der Waals surface area contributed by atoms with Crippen LogP contribution in [0.15, 0.2) is 29.2 Å². The van der Waals surface area contributed by atoms with E-state index >= 15 is 0 Å². The first-order valence-electron chi connectivity index (χ1n) is 7.20. The highest BCUT2D eigenvalue weighted by atomic mass is 32.2. The van der Waals surface area contributed by atoms with Gasteiger partial charge in [0.25, 0.3) is 5.91 Å². The van der Waals surface area contributed by atoms with Crippen molar-refractivity contribution in [2.75, 3.05) is 26.8 Å². The summed E-state index contributed by atoms with van der Waals surface area (Å²) in [5.74, 6) is -1.58. The number of carboxylic acid groups (broad SMARTS) is 1. The number of nitrogens with one attached hydrogen (secondary N) is 2. The summed E-state index contributed by atoms with van der Waals surface area (Å²) in [6.07, 6.45) is 0. The van der Waals surface area contributed by atoms with Crippen LogP contribution in [0.1, 0.15) is 24.2 Å². The fourth-order valence-electron chi connectivity index (χ4n) is 1.64. The van der Waals surface area contributed by atoms with Gasteiger partial charge in [-0.05, 0) is 32.0 Å². The number of ether oxygens (including phenoxy) is 1. The van der Waals surface area contributed by atoms with Crippen molar-refractivity contribution in [3.63, 3.8) is 0 Å². The van der Waals surface area contributed by atoms with Crippen molar-refractivity contribution < 1.29 is 27.9 Å². The Kier molecular flexibility index (Phi) is 6.88. The van der Waals surface area contributed by atoms with E-state index in [1.807, 2.05) is 0 Å². The zero-order valence-corrected chi connectivity index (χ0v) is 14.6. The summed E-state index contributed by atoms with van der Waals surface area (Å²) in [5.41, 5.74) is -0.994. The molecule has 0 heterocycles. The largest absolute Gasteiger partial charge is 0.481 e. The first-order valence-corrected chi connectivity index (χ1v) is 8.69. The normalized spacial score (nSPS) is 12.0. The molecular weight excluding hydrogens is 336 g/mol. The Bertz CT molecular complexity index is 700. The van der Waals surface area contributed by atoms with Gasteiger partial charge in [-0.3, -0.25) is 9.59 Å². The van der Waals surface area contributed by atoms with Gasteiger partial charge in [0.2, 0.25) is 10.0 Å². The van der Waals surface area contributed by atoms with Gasteiger partial charge in [0, 0.05) is 25.8 Å². The maximum atomic E-state index is 12.1. The summed E-state index contributed by atoms with van der Waals surface area (Å²) in [6, 6.07) is 5.50. The highest BCUT2D eigenvalue weighted by Gasteiger charge is 2.27. The Morgan fingerprint density at radius 2 is 1.96 bits per heavy atom. The first-order chi connectivity index (χ1) is 11.1. The number of hydrogen-bond acceptors (Lipinski definition) is 5. The minimum absolute atomic E-state index is 0.0521. The number of benzene rings is 1. The van der Waals surface area contributed by atoms with E-state index in [1.54, 1.807) is 0 Å². The van der Waals surface area contributed by atoms with Crippen LogP contribution < -0.4 is 10.0 Å². The van der Waals surface area contributed by atoms with Crippen LogP contribution in [0, 0.1) is 5.41 Å². The quantitative estimate of drug-likeness (QED) is 0.551. The summed E-state index contributed by atoms with van der Waals surface area (Å²) in [7, 11) is -2.29. The molecule has 0 saturated carbocycles. The Morgan fingerprint density at radius 1 is 1.29 bits per heavy atom. The number of aliphatic carboxylic acids is 1. The summed E-state index contributed by atoms with van der Waals surface area (Å²) in [6.45, 7) is 3.22. The van der Waals surface area contributed by atoms with E-state index in [0.29, 0.717) is 0 Å². The van der Waals surface area contributed by atoms with Crippen molar-refractivity contribution in [1.82, 2.24) is 10.0 Å². The number of methoxy groups -OCH3 is 1. The molecule has 1 aromatic carbocycles. The summed E-state index contributed by atoms with van der Waals surface area (Å²) < 4.78 is 31.4. The molecule has 134 valence electrons. The van der Waals surface area contributed by atoms with E-state index in [0.717, 1.165) is 0 Å². The monoisotopic (exact) mass is 358 g/mol. The van der Waals surface area contributed by atoms with Crippen molar-refractivity contribution in [2.45, 2.75) is 18.7 Å². The van der Waals surface area contributed by atoms with E-state index in [9.17, 15) is 18.0 Å². The average Bonchev–Trinajstić information content (AvgIpc) is 2.52. The van der Waals surface area contributed by atoms with Crippen molar-refractivity contribution in [1.29, 1.82) is 0 Å². The number of carbonyl (C=O) groups is 2. The van der Waals surface area contributed by atoms with Crippen molar-refractivity contribution >= 4 is 21.9 Å². The molecule has 1 amide bonds. The number of carboxylic acids is 1. The Labute approximate surface area is 141 Å². The zero-order valence-electron chi connectivity index (χ0n) is 13.8. The predicted octanol–water partition coefficient (Wildman–Crippen LogP) is 0.452. The predicted molar refractivity (Wildman–Crippen MR) is 87.3 cm³/mol. The van der Waals surface area contributed by atoms with E-state index in [4.69, 9.17) is 9.84 Å². The molecule has 3 N–H and O–H groups in total. The number of sulfonamides is 1. The van der Waals surface area contributed by atoms with Gasteiger partial charge in [-0.2, -0.15) is 0 Å². The van der Waals surface area contributed by atoms with Crippen LogP contribution in [-0.4, -0.2) is 52.2 Å². The van der Waals surface area contributed by atoms with Crippen molar-refractivity contribution in [2.24, 2.45) is 5.41 Å². The second kappa shape index (κ2) is 8.22. The highest BCUT2D eigenvalue weighted by molar-refractivity contribution is 7.89. The average molecular weight is 358 g/mol. The fraction of sp³-hybridized carbons (Fsp3) is 0.467. The van der Waals surface area contributed by atoms with Crippen molar-refractivity contribution in [3.8, 4) is 0 Å². The van der Waals surface area contributed by atoms with Crippen LogP contribution in [0.2, 0.25) is 0 Å². The smallest absolute Gasteiger partial charge is 0.310 e. The van der Waals surface area contributed by atoms with Gasteiger partial charge in [0.15, 0.2) is 0 Å². The molecule has 0 bridgehead atoms. The lowest BCUT2D eigenvalue weighted by molar-refractivity contribution is -0.146. The van der Waals surface area contributed by atoms with Gasteiger partial charge in [-0.15, -0.1) is 0 Å².